The number of carbonyl (C=O) groups is 1. The molecule has 0 aliphatic rings. The van der Waals surface area contributed by atoms with E-state index in [4.69, 9.17) is 5.84 Å². The number of anilines is 1. The molecule has 0 heterocycles. The number of hydrogen-bond acceptors (Lipinski definition) is 6. The number of hydrazine groups is 1. The fraction of sp³-hybridized carbons (Fsp3) is 0.417. The normalized spacial score (nSPS) is 11.1. The maximum atomic E-state index is 12.1. The highest BCUT2D eigenvalue weighted by Crippen LogP contribution is 2.25. The number of amides is 1. The van der Waals surface area contributed by atoms with E-state index in [1.165, 1.54) is 30.1 Å². The predicted octanol–water partition coefficient (Wildman–Crippen LogP) is 0.723. The van der Waals surface area contributed by atoms with Crippen molar-refractivity contribution in [2.45, 2.75) is 19.4 Å². The van der Waals surface area contributed by atoms with Crippen LogP contribution in [0.5, 0.6) is 0 Å². The lowest BCUT2D eigenvalue weighted by molar-refractivity contribution is -0.384. The molecule has 0 atom stereocenters. The molecule has 0 aromatic heterocycles. The third-order valence-electron chi connectivity index (χ3n) is 2.57. The Labute approximate surface area is 116 Å². The van der Waals surface area contributed by atoms with Gasteiger partial charge in [0.1, 0.15) is 5.69 Å². The molecule has 8 nitrogen and oxygen atoms in total. The minimum Gasteiger partial charge on any atom is -0.389 e. The van der Waals surface area contributed by atoms with Gasteiger partial charge in [-0.25, -0.2) is 0 Å². The van der Waals surface area contributed by atoms with Gasteiger partial charge in [-0.05, 0) is 26.0 Å². The van der Waals surface area contributed by atoms with Gasteiger partial charge in [0.2, 0.25) is 0 Å². The highest BCUT2D eigenvalue weighted by Gasteiger charge is 2.22. The minimum absolute atomic E-state index is 0.0532. The summed E-state index contributed by atoms with van der Waals surface area (Å²) in [5.74, 6) is 4.85. The molecule has 1 rings (SSSR count). The lowest BCUT2D eigenvalue weighted by atomic mass is 10.1. The highest BCUT2D eigenvalue weighted by molar-refractivity contribution is 5.95. The number of nitro benzene ring substituents is 1. The summed E-state index contributed by atoms with van der Waals surface area (Å²) in [7, 11) is 1.54. The maximum absolute atomic E-state index is 12.1. The predicted molar refractivity (Wildman–Crippen MR) is 74.2 cm³/mol. The largest absolute Gasteiger partial charge is 0.389 e. The summed E-state index contributed by atoms with van der Waals surface area (Å²) in [5.41, 5.74) is 1.26. The third-order valence-corrected chi connectivity index (χ3v) is 2.57. The van der Waals surface area contributed by atoms with E-state index in [2.05, 4.69) is 5.43 Å². The SMILES string of the molecule is CN(CC(C)(C)O)C(=O)c1ccc([N+](=O)[O-])c(NN)c1. The Hall–Kier alpha value is -2.19. The van der Waals surface area contributed by atoms with Crippen LogP contribution in [-0.4, -0.2) is 40.0 Å². The molecule has 0 saturated carbocycles. The Morgan fingerprint density at radius 1 is 1.55 bits per heavy atom. The van der Waals surface area contributed by atoms with Crippen LogP contribution < -0.4 is 11.3 Å². The van der Waals surface area contributed by atoms with Gasteiger partial charge < -0.3 is 15.4 Å². The number of nitro groups is 1. The van der Waals surface area contributed by atoms with Gasteiger partial charge in [-0.15, -0.1) is 0 Å². The molecular formula is C12H18N4O4. The maximum Gasteiger partial charge on any atom is 0.293 e. The number of benzene rings is 1. The second-order valence-electron chi connectivity index (χ2n) is 5.11. The third kappa shape index (κ3) is 3.90. The lowest BCUT2D eigenvalue weighted by Gasteiger charge is -2.25. The number of aliphatic hydroxyl groups is 1. The minimum atomic E-state index is -1.03. The van der Waals surface area contributed by atoms with Crippen molar-refractivity contribution in [3.63, 3.8) is 0 Å². The first-order chi connectivity index (χ1) is 9.15. The Morgan fingerprint density at radius 2 is 2.15 bits per heavy atom. The van der Waals surface area contributed by atoms with Crippen LogP contribution in [0.2, 0.25) is 0 Å². The molecule has 1 aromatic carbocycles. The lowest BCUT2D eigenvalue weighted by Crippen LogP contribution is -2.39. The van der Waals surface area contributed by atoms with Crippen molar-refractivity contribution in [2.75, 3.05) is 19.0 Å². The van der Waals surface area contributed by atoms with Gasteiger partial charge in [-0.3, -0.25) is 20.8 Å². The first-order valence-corrected chi connectivity index (χ1v) is 5.88. The molecule has 0 aliphatic carbocycles. The summed E-state index contributed by atoms with van der Waals surface area (Å²) in [6.45, 7) is 3.30. The van der Waals surface area contributed by atoms with E-state index in [1.807, 2.05) is 0 Å². The number of nitrogen functional groups attached to an aromatic ring is 1. The van der Waals surface area contributed by atoms with Gasteiger partial charge in [0.15, 0.2) is 0 Å². The Balaban J connectivity index is 3.03. The Bertz CT molecular complexity index is 525. The van der Waals surface area contributed by atoms with Crippen molar-refractivity contribution in [1.82, 2.24) is 4.90 Å². The molecule has 0 radical (unpaired) electrons. The number of nitrogens with two attached hydrogens (primary N) is 1. The highest BCUT2D eigenvalue weighted by atomic mass is 16.6. The summed E-state index contributed by atoms with van der Waals surface area (Å²) in [4.78, 5) is 23.7. The molecule has 8 heteroatoms. The number of likely N-dealkylation sites (N-methyl/N-ethyl adjacent to an activating group) is 1. The molecule has 0 saturated heterocycles. The van der Waals surface area contributed by atoms with Crippen LogP contribution in [0.4, 0.5) is 11.4 Å². The van der Waals surface area contributed by atoms with E-state index in [0.29, 0.717) is 0 Å². The molecule has 0 bridgehead atoms. The van der Waals surface area contributed by atoms with E-state index in [-0.39, 0.29) is 29.4 Å². The zero-order valence-electron chi connectivity index (χ0n) is 11.6. The van der Waals surface area contributed by atoms with Gasteiger partial charge >= 0.3 is 0 Å². The molecule has 0 fully saturated rings. The van der Waals surface area contributed by atoms with Crippen molar-refractivity contribution in [3.05, 3.63) is 33.9 Å². The van der Waals surface area contributed by atoms with Crippen LogP contribution in [0.15, 0.2) is 18.2 Å². The topological polar surface area (TPSA) is 122 Å². The number of rotatable bonds is 5. The fourth-order valence-corrected chi connectivity index (χ4v) is 1.82. The molecule has 0 unspecified atom stereocenters. The second kappa shape index (κ2) is 5.85. The molecule has 20 heavy (non-hydrogen) atoms. The summed E-state index contributed by atoms with van der Waals surface area (Å²) in [6, 6.07) is 3.86. The van der Waals surface area contributed by atoms with E-state index in [0.717, 1.165) is 0 Å². The van der Waals surface area contributed by atoms with Gasteiger partial charge in [0, 0.05) is 25.2 Å². The van der Waals surface area contributed by atoms with E-state index in [9.17, 15) is 20.0 Å². The molecule has 1 amide bonds. The average Bonchev–Trinajstić information content (AvgIpc) is 2.34. The van der Waals surface area contributed by atoms with E-state index < -0.39 is 10.5 Å². The van der Waals surface area contributed by atoms with Crippen LogP contribution in [0.25, 0.3) is 0 Å². The zero-order chi connectivity index (χ0) is 15.5. The van der Waals surface area contributed by atoms with Crippen LogP contribution >= 0.6 is 0 Å². The standard InChI is InChI=1S/C12H18N4O4/c1-12(2,18)7-15(3)11(17)8-4-5-10(16(19)20)9(6-8)14-13/h4-6,14,18H,7,13H2,1-3H3. The summed E-state index contributed by atoms with van der Waals surface area (Å²) in [6.07, 6.45) is 0. The van der Waals surface area contributed by atoms with Crippen LogP contribution in [0.1, 0.15) is 24.2 Å². The molecule has 110 valence electrons. The number of hydrogen-bond donors (Lipinski definition) is 3. The molecule has 4 N–H and O–H groups in total. The average molecular weight is 282 g/mol. The van der Waals surface area contributed by atoms with Gasteiger partial charge in [0.25, 0.3) is 11.6 Å². The van der Waals surface area contributed by atoms with E-state index in [1.54, 1.807) is 13.8 Å². The fourth-order valence-electron chi connectivity index (χ4n) is 1.82. The van der Waals surface area contributed by atoms with Crippen molar-refractivity contribution in [3.8, 4) is 0 Å². The van der Waals surface area contributed by atoms with Crippen molar-refractivity contribution >= 4 is 17.3 Å². The Morgan fingerprint density at radius 3 is 2.60 bits per heavy atom. The molecule has 0 spiro atoms. The van der Waals surface area contributed by atoms with Crippen molar-refractivity contribution in [2.24, 2.45) is 5.84 Å². The molecule has 0 aliphatic heterocycles. The van der Waals surface area contributed by atoms with Crippen LogP contribution in [0.3, 0.4) is 0 Å². The summed E-state index contributed by atoms with van der Waals surface area (Å²) >= 11 is 0. The Kier molecular flexibility index (Phi) is 4.64. The summed E-state index contributed by atoms with van der Waals surface area (Å²) in [5, 5.41) is 20.5. The number of nitrogens with one attached hydrogen (secondary N) is 1. The zero-order valence-corrected chi connectivity index (χ0v) is 11.6. The first kappa shape index (κ1) is 15.9. The van der Waals surface area contributed by atoms with E-state index >= 15 is 0 Å². The molecule has 1 aromatic rings. The number of carbonyl (C=O) groups excluding carboxylic acids is 1. The van der Waals surface area contributed by atoms with Gasteiger partial charge in [0.05, 0.1) is 10.5 Å². The second-order valence-corrected chi connectivity index (χ2v) is 5.11. The quantitative estimate of drug-likeness (QED) is 0.415. The van der Waals surface area contributed by atoms with Crippen LogP contribution in [0, 0.1) is 10.1 Å². The van der Waals surface area contributed by atoms with Crippen molar-refractivity contribution < 1.29 is 14.8 Å². The first-order valence-electron chi connectivity index (χ1n) is 5.88. The van der Waals surface area contributed by atoms with Gasteiger partial charge in [-0.2, -0.15) is 0 Å². The van der Waals surface area contributed by atoms with Crippen molar-refractivity contribution in [1.29, 1.82) is 0 Å². The monoisotopic (exact) mass is 282 g/mol. The van der Waals surface area contributed by atoms with Gasteiger partial charge in [-0.1, -0.05) is 0 Å². The van der Waals surface area contributed by atoms with Crippen LogP contribution in [-0.2, 0) is 0 Å². The smallest absolute Gasteiger partial charge is 0.293 e. The molecular weight excluding hydrogens is 264 g/mol. The summed E-state index contributed by atoms with van der Waals surface area (Å²) < 4.78 is 0. The number of nitrogens with zero attached hydrogens (tertiary/aromatic N) is 2.